The van der Waals surface area contributed by atoms with Gasteiger partial charge in [0.1, 0.15) is 6.10 Å². The Morgan fingerprint density at radius 3 is 2.70 bits per heavy atom. The molecular weight excluding hydrogens is 293 g/mol. The minimum Gasteiger partial charge on any atom is -0.469 e. The van der Waals surface area contributed by atoms with Gasteiger partial charge in [0, 0.05) is 10.6 Å². The molecular formula is C16H13Cl2NO. The lowest BCUT2D eigenvalue weighted by Crippen LogP contribution is -2.16. The number of benzene rings is 2. The van der Waals surface area contributed by atoms with Crippen LogP contribution in [-0.2, 0) is 4.74 Å². The van der Waals surface area contributed by atoms with E-state index in [-0.39, 0.29) is 6.10 Å². The Morgan fingerprint density at radius 2 is 1.95 bits per heavy atom. The van der Waals surface area contributed by atoms with Gasteiger partial charge < -0.3 is 4.74 Å². The third-order valence-corrected chi connectivity index (χ3v) is 3.85. The normalized spacial score (nSPS) is 17.1. The van der Waals surface area contributed by atoms with Crippen molar-refractivity contribution in [2.24, 2.45) is 4.99 Å². The summed E-state index contributed by atoms with van der Waals surface area (Å²) in [4.78, 5) is 4.57. The molecule has 2 nitrogen and oxygen atoms in total. The number of fused-ring (bicyclic) bond motifs is 1. The van der Waals surface area contributed by atoms with Crippen LogP contribution in [0.5, 0.6) is 0 Å². The summed E-state index contributed by atoms with van der Waals surface area (Å²) >= 11 is 12.3. The monoisotopic (exact) mass is 305 g/mol. The third-order valence-electron chi connectivity index (χ3n) is 3.29. The summed E-state index contributed by atoms with van der Waals surface area (Å²) in [6.07, 6.45) is 0.795. The molecule has 0 spiro atoms. The van der Waals surface area contributed by atoms with Crippen LogP contribution < -0.4 is 0 Å². The topological polar surface area (TPSA) is 21.6 Å². The average Bonchev–Trinajstić information content (AvgIpc) is 2.46. The zero-order valence-electron chi connectivity index (χ0n) is 10.9. The first-order valence-electron chi connectivity index (χ1n) is 6.48. The van der Waals surface area contributed by atoms with Crippen LogP contribution in [0.25, 0.3) is 0 Å². The Bertz CT molecular complexity index is 682. The van der Waals surface area contributed by atoms with Crippen molar-refractivity contribution in [1.29, 1.82) is 0 Å². The lowest BCUT2D eigenvalue weighted by atomic mass is 10.0. The smallest absolute Gasteiger partial charge is 0.223 e. The summed E-state index contributed by atoms with van der Waals surface area (Å²) in [6, 6.07) is 13.2. The molecule has 2 aromatic carbocycles. The van der Waals surface area contributed by atoms with Gasteiger partial charge in [-0.1, -0.05) is 42.3 Å². The molecule has 20 heavy (non-hydrogen) atoms. The molecule has 1 aliphatic rings. The molecule has 0 N–H and O–H groups in total. The van der Waals surface area contributed by atoms with Crippen LogP contribution in [0.3, 0.4) is 0 Å². The van der Waals surface area contributed by atoms with Crippen molar-refractivity contribution in [1.82, 2.24) is 0 Å². The lowest BCUT2D eigenvalue weighted by Gasteiger charge is -2.25. The van der Waals surface area contributed by atoms with E-state index < -0.39 is 0 Å². The van der Waals surface area contributed by atoms with E-state index in [9.17, 15) is 0 Å². The minimum atomic E-state index is -0.0486. The van der Waals surface area contributed by atoms with Gasteiger partial charge in [-0.15, -0.1) is 0 Å². The highest BCUT2D eigenvalue weighted by Crippen LogP contribution is 2.38. The van der Waals surface area contributed by atoms with E-state index in [0.29, 0.717) is 15.9 Å². The number of aliphatic imine (C=N–C) groups is 1. The fourth-order valence-corrected chi connectivity index (χ4v) is 2.68. The largest absolute Gasteiger partial charge is 0.469 e. The molecule has 0 aliphatic carbocycles. The first kappa shape index (κ1) is 13.5. The number of ether oxygens (including phenoxy) is 1. The summed E-state index contributed by atoms with van der Waals surface area (Å²) in [7, 11) is 0. The second kappa shape index (κ2) is 5.47. The van der Waals surface area contributed by atoms with Crippen LogP contribution in [-0.4, -0.2) is 5.90 Å². The molecule has 0 amide bonds. The van der Waals surface area contributed by atoms with Gasteiger partial charge in [-0.05, 0) is 36.8 Å². The molecule has 0 radical (unpaired) electrons. The van der Waals surface area contributed by atoms with Gasteiger partial charge in [0.15, 0.2) is 0 Å². The van der Waals surface area contributed by atoms with Gasteiger partial charge in [0.05, 0.1) is 16.3 Å². The van der Waals surface area contributed by atoms with Crippen LogP contribution >= 0.6 is 23.2 Å². The second-order valence-electron chi connectivity index (χ2n) is 4.61. The van der Waals surface area contributed by atoms with Crippen LogP contribution in [0.2, 0.25) is 10.0 Å². The third kappa shape index (κ3) is 2.41. The number of hydrogen-bond donors (Lipinski definition) is 0. The highest BCUT2D eigenvalue weighted by Gasteiger charge is 2.24. The zero-order chi connectivity index (χ0) is 14.1. The molecule has 1 heterocycles. The maximum absolute atomic E-state index is 6.22. The maximum atomic E-state index is 6.22. The Balaban J connectivity index is 2.11. The number of rotatable bonds is 2. The van der Waals surface area contributed by atoms with Crippen molar-refractivity contribution < 1.29 is 4.74 Å². The van der Waals surface area contributed by atoms with E-state index in [1.54, 1.807) is 0 Å². The molecule has 102 valence electrons. The van der Waals surface area contributed by atoms with Gasteiger partial charge in [-0.2, -0.15) is 0 Å². The van der Waals surface area contributed by atoms with Crippen molar-refractivity contribution >= 4 is 34.8 Å². The summed E-state index contributed by atoms with van der Waals surface area (Å²) < 4.78 is 5.99. The van der Waals surface area contributed by atoms with Crippen molar-refractivity contribution in [3.63, 3.8) is 0 Å². The predicted molar refractivity (Wildman–Crippen MR) is 83.2 cm³/mol. The quantitative estimate of drug-likeness (QED) is 0.712. The summed E-state index contributed by atoms with van der Waals surface area (Å²) in [5.74, 6) is 0.567. The van der Waals surface area contributed by atoms with Gasteiger partial charge in [-0.3, -0.25) is 0 Å². The van der Waals surface area contributed by atoms with E-state index in [4.69, 9.17) is 27.9 Å². The lowest BCUT2D eigenvalue weighted by molar-refractivity contribution is 0.184. The van der Waals surface area contributed by atoms with Gasteiger partial charge in [0.25, 0.3) is 0 Å². The SMILES string of the molecule is CCC1OC(c2ccccc2Cl)=Nc2ccc(Cl)cc21. The van der Waals surface area contributed by atoms with Crippen molar-refractivity contribution in [3.05, 3.63) is 63.6 Å². The molecule has 0 bridgehead atoms. The summed E-state index contributed by atoms with van der Waals surface area (Å²) in [5, 5.41) is 1.33. The van der Waals surface area contributed by atoms with E-state index in [2.05, 4.69) is 11.9 Å². The molecule has 0 saturated carbocycles. The van der Waals surface area contributed by atoms with E-state index >= 15 is 0 Å². The van der Waals surface area contributed by atoms with Crippen molar-refractivity contribution in [3.8, 4) is 0 Å². The van der Waals surface area contributed by atoms with Crippen LogP contribution in [0.1, 0.15) is 30.6 Å². The molecule has 0 fully saturated rings. The number of halogens is 2. The second-order valence-corrected chi connectivity index (χ2v) is 5.46. The minimum absolute atomic E-state index is 0.0486. The molecule has 0 aromatic heterocycles. The molecule has 1 aliphatic heterocycles. The Hall–Kier alpha value is -1.51. The zero-order valence-corrected chi connectivity index (χ0v) is 12.4. The molecule has 0 saturated heterocycles. The van der Waals surface area contributed by atoms with E-state index in [1.165, 1.54) is 0 Å². The van der Waals surface area contributed by atoms with Crippen LogP contribution in [0.15, 0.2) is 47.5 Å². The predicted octanol–water partition coefficient (Wildman–Crippen LogP) is 5.55. The first-order chi connectivity index (χ1) is 9.69. The fourth-order valence-electron chi connectivity index (χ4n) is 2.28. The highest BCUT2D eigenvalue weighted by molar-refractivity contribution is 6.34. The molecule has 4 heteroatoms. The summed E-state index contributed by atoms with van der Waals surface area (Å²) in [5.41, 5.74) is 2.73. The Morgan fingerprint density at radius 1 is 1.15 bits per heavy atom. The fraction of sp³-hybridized carbons (Fsp3) is 0.188. The van der Waals surface area contributed by atoms with Gasteiger partial charge >= 0.3 is 0 Å². The van der Waals surface area contributed by atoms with E-state index in [1.807, 2.05) is 42.5 Å². The Kier molecular flexibility index (Phi) is 3.68. The van der Waals surface area contributed by atoms with E-state index in [0.717, 1.165) is 23.2 Å². The number of hydrogen-bond acceptors (Lipinski definition) is 2. The standard InChI is InChI=1S/C16H13Cl2NO/c1-2-15-12-9-10(17)7-8-14(12)19-16(20-15)11-5-3-4-6-13(11)18/h3-9,15H,2H2,1H3. The maximum Gasteiger partial charge on any atom is 0.223 e. The summed E-state index contributed by atoms with van der Waals surface area (Å²) in [6.45, 7) is 2.07. The van der Waals surface area contributed by atoms with Crippen molar-refractivity contribution in [2.75, 3.05) is 0 Å². The number of nitrogens with zero attached hydrogens (tertiary/aromatic N) is 1. The van der Waals surface area contributed by atoms with Crippen molar-refractivity contribution in [2.45, 2.75) is 19.4 Å². The van der Waals surface area contributed by atoms with Gasteiger partial charge in [0.2, 0.25) is 5.90 Å². The van der Waals surface area contributed by atoms with Gasteiger partial charge in [-0.25, -0.2) is 4.99 Å². The highest BCUT2D eigenvalue weighted by atomic mass is 35.5. The Labute approximate surface area is 128 Å². The first-order valence-corrected chi connectivity index (χ1v) is 7.24. The van der Waals surface area contributed by atoms with Crippen LogP contribution in [0.4, 0.5) is 5.69 Å². The van der Waals surface area contributed by atoms with Crippen LogP contribution in [0, 0.1) is 0 Å². The molecule has 3 rings (SSSR count). The average molecular weight is 306 g/mol. The molecule has 2 aromatic rings. The molecule has 1 unspecified atom stereocenters. The molecule has 1 atom stereocenters.